The average molecular weight is 349 g/mol. The van der Waals surface area contributed by atoms with E-state index in [0.29, 0.717) is 13.2 Å². The first-order valence-corrected chi connectivity index (χ1v) is 6.89. The van der Waals surface area contributed by atoms with Crippen molar-refractivity contribution in [2.75, 3.05) is 29.6 Å². The van der Waals surface area contributed by atoms with E-state index in [4.69, 9.17) is 9.47 Å². The third kappa shape index (κ3) is 6.48. The zero-order valence-corrected chi connectivity index (χ0v) is 11.9. The van der Waals surface area contributed by atoms with Crippen molar-refractivity contribution in [1.82, 2.24) is 0 Å². The normalized spacial score (nSPS) is 10.0. The molecule has 0 spiro atoms. The van der Waals surface area contributed by atoms with E-state index in [1.807, 2.05) is 24.3 Å². The second-order valence-corrected chi connectivity index (χ2v) is 4.43. The lowest BCUT2D eigenvalue weighted by atomic mass is 10.3. The Bertz CT molecular complexity index is 340. The van der Waals surface area contributed by atoms with Gasteiger partial charge in [-0.25, -0.2) is 0 Å². The number of benzene rings is 1. The van der Waals surface area contributed by atoms with E-state index < -0.39 is 0 Å². The van der Waals surface area contributed by atoms with Crippen LogP contribution in [0.3, 0.4) is 0 Å². The molecule has 1 N–H and O–H groups in total. The summed E-state index contributed by atoms with van der Waals surface area (Å²) in [6.45, 7) is 3.37. The van der Waals surface area contributed by atoms with E-state index >= 15 is 0 Å². The van der Waals surface area contributed by atoms with E-state index in [9.17, 15) is 4.79 Å². The van der Waals surface area contributed by atoms with Gasteiger partial charge in [0.25, 0.3) is 0 Å². The summed E-state index contributed by atoms with van der Waals surface area (Å²) >= 11 is 2.26. The van der Waals surface area contributed by atoms with Crippen molar-refractivity contribution < 1.29 is 14.3 Å². The van der Waals surface area contributed by atoms with Gasteiger partial charge in [0.2, 0.25) is 5.91 Å². The van der Waals surface area contributed by atoms with E-state index in [-0.39, 0.29) is 5.91 Å². The summed E-state index contributed by atoms with van der Waals surface area (Å²) in [4.78, 5) is 10.8. The highest BCUT2D eigenvalue weighted by atomic mass is 127. The second kappa shape index (κ2) is 8.30. The van der Waals surface area contributed by atoms with E-state index in [1.54, 1.807) is 0 Å². The third-order valence-corrected chi connectivity index (χ3v) is 2.33. The quantitative estimate of drug-likeness (QED) is 0.467. The number of hydrogen-bond acceptors (Lipinski definition) is 3. The molecule has 0 aliphatic heterocycles. The summed E-state index contributed by atoms with van der Waals surface area (Å²) in [6, 6.07) is 7.26. The average Bonchev–Trinajstić information content (AvgIpc) is 2.30. The van der Waals surface area contributed by atoms with Crippen LogP contribution < -0.4 is 10.1 Å². The van der Waals surface area contributed by atoms with E-state index in [0.717, 1.165) is 22.5 Å². The highest BCUT2D eigenvalue weighted by Crippen LogP contribution is 2.15. The monoisotopic (exact) mass is 349 g/mol. The summed E-state index contributed by atoms with van der Waals surface area (Å²) in [5.41, 5.74) is 0.769. The first-order chi connectivity index (χ1) is 8.22. The molecule has 1 aromatic rings. The van der Waals surface area contributed by atoms with Crippen molar-refractivity contribution in [3.8, 4) is 5.75 Å². The van der Waals surface area contributed by atoms with Gasteiger partial charge in [0.15, 0.2) is 0 Å². The number of hydrogen-bond donors (Lipinski definition) is 1. The highest BCUT2D eigenvalue weighted by molar-refractivity contribution is 14.1. The fourth-order valence-electron chi connectivity index (χ4n) is 1.21. The molecule has 1 amide bonds. The number of anilines is 1. The molecule has 0 bridgehead atoms. The Labute approximate surface area is 115 Å². The Balaban J connectivity index is 2.28. The van der Waals surface area contributed by atoms with Gasteiger partial charge in [0.05, 0.1) is 13.2 Å². The maximum Gasteiger partial charge on any atom is 0.221 e. The topological polar surface area (TPSA) is 47.6 Å². The SMILES string of the molecule is CC(=O)Nc1ccc(OCCOCCI)cc1. The molecule has 0 saturated carbocycles. The zero-order chi connectivity index (χ0) is 12.5. The molecule has 0 heterocycles. The van der Waals surface area contributed by atoms with Gasteiger partial charge in [-0.2, -0.15) is 0 Å². The number of ether oxygens (including phenoxy) is 2. The predicted octanol–water partition coefficient (Wildman–Crippen LogP) is 2.48. The van der Waals surface area contributed by atoms with Gasteiger partial charge >= 0.3 is 0 Å². The minimum atomic E-state index is -0.0779. The molecule has 0 unspecified atom stereocenters. The fraction of sp³-hybridized carbons (Fsp3) is 0.417. The lowest BCUT2D eigenvalue weighted by molar-refractivity contribution is -0.114. The van der Waals surface area contributed by atoms with Crippen LogP contribution in [0.25, 0.3) is 0 Å². The summed E-state index contributed by atoms with van der Waals surface area (Å²) in [6.07, 6.45) is 0. The molecule has 5 heteroatoms. The first-order valence-electron chi connectivity index (χ1n) is 5.36. The number of carbonyl (C=O) groups is 1. The smallest absolute Gasteiger partial charge is 0.221 e. The number of halogens is 1. The van der Waals surface area contributed by atoms with E-state index in [1.165, 1.54) is 6.92 Å². The molecule has 1 rings (SSSR count). The van der Waals surface area contributed by atoms with Gasteiger partial charge in [0.1, 0.15) is 12.4 Å². The summed E-state index contributed by atoms with van der Waals surface area (Å²) in [5, 5.41) is 2.70. The van der Waals surface area contributed by atoms with Crippen LogP contribution in [0.2, 0.25) is 0 Å². The maximum absolute atomic E-state index is 10.8. The van der Waals surface area contributed by atoms with Gasteiger partial charge in [0, 0.05) is 17.0 Å². The molecular weight excluding hydrogens is 333 g/mol. The van der Waals surface area contributed by atoms with Crippen molar-refractivity contribution in [3.63, 3.8) is 0 Å². The lowest BCUT2D eigenvalue weighted by Crippen LogP contribution is -2.08. The molecule has 94 valence electrons. The number of carbonyl (C=O) groups excluding carboxylic acids is 1. The fourth-order valence-corrected chi connectivity index (χ4v) is 1.52. The second-order valence-electron chi connectivity index (χ2n) is 3.36. The largest absolute Gasteiger partial charge is 0.491 e. The lowest BCUT2D eigenvalue weighted by Gasteiger charge is -2.07. The molecule has 0 atom stereocenters. The van der Waals surface area contributed by atoms with Crippen LogP contribution in [-0.2, 0) is 9.53 Å². The highest BCUT2D eigenvalue weighted by Gasteiger charge is 1.97. The molecule has 0 saturated heterocycles. The van der Waals surface area contributed by atoms with Crippen molar-refractivity contribution in [2.24, 2.45) is 0 Å². The Morgan fingerprint density at radius 1 is 1.24 bits per heavy atom. The molecular formula is C12H16INO3. The molecule has 0 fully saturated rings. The molecule has 4 nitrogen and oxygen atoms in total. The Kier molecular flexibility index (Phi) is 6.95. The van der Waals surface area contributed by atoms with Crippen LogP contribution in [0.4, 0.5) is 5.69 Å². The number of alkyl halides is 1. The third-order valence-electron chi connectivity index (χ3n) is 1.89. The molecule has 0 aliphatic rings. The molecule has 0 radical (unpaired) electrons. The van der Waals surface area contributed by atoms with Crippen molar-refractivity contribution >= 4 is 34.2 Å². The summed E-state index contributed by atoms with van der Waals surface area (Å²) in [5.74, 6) is 0.697. The standard InChI is InChI=1S/C12H16INO3/c1-10(15)14-11-2-4-12(5-3-11)17-9-8-16-7-6-13/h2-5H,6-9H2,1H3,(H,14,15). The molecule has 0 aromatic heterocycles. The van der Waals surface area contributed by atoms with Crippen molar-refractivity contribution in [1.29, 1.82) is 0 Å². The zero-order valence-electron chi connectivity index (χ0n) is 9.74. The van der Waals surface area contributed by atoms with Crippen LogP contribution in [-0.4, -0.2) is 30.2 Å². The van der Waals surface area contributed by atoms with Gasteiger partial charge in [-0.05, 0) is 24.3 Å². The molecule has 1 aromatic carbocycles. The number of nitrogens with one attached hydrogen (secondary N) is 1. The van der Waals surface area contributed by atoms with Crippen LogP contribution in [0.5, 0.6) is 5.75 Å². The predicted molar refractivity (Wildman–Crippen MR) is 75.9 cm³/mol. The van der Waals surface area contributed by atoms with Gasteiger partial charge in [-0.15, -0.1) is 0 Å². The Morgan fingerprint density at radius 2 is 1.94 bits per heavy atom. The van der Waals surface area contributed by atoms with Crippen LogP contribution in [0, 0.1) is 0 Å². The minimum Gasteiger partial charge on any atom is -0.491 e. The minimum absolute atomic E-state index is 0.0779. The van der Waals surface area contributed by atoms with Gasteiger partial charge in [-0.1, -0.05) is 22.6 Å². The van der Waals surface area contributed by atoms with Crippen molar-refractivity contribution in [2.45, 2.75) is 6.92 Å². The summed E-state index contributed by atoms with van der Waals surface area (Å²) < 4.78 is 11.8. The van der Waals surface area contributed by atoms with E-state index in [2.05, 4.69) is 27.9 Å². The van der Waals surface area contributed by atoms with Crippen LogP contribution in [0.15, 0.2) is 24.3 Å². The first kappa shape index (κ1) is 14.2. The molecule has 17 heavy (non-hydrogen) atoms. The number of amides is 1. The van der Waals surface area contributed by atoms with Gasteiger partial charge < -0.3 is 14.8 Å². The summed E-state index contributed by atoms with van der Waals surface area (Å²) in [7, 11) is 0. The van der Waals surface area contributed by atoms with Gasteiger partial charge in [-0.3, -0.25) is 4.79 Å². The maximum atomic E-state index is 10.8. The van der Waals surface area contributed by atoms with Crippen molar-refractivity contribution in [3.05, 3.63) is 24.3 Å². The Hall–Kier alpha value is -0.820. The Morgan fingerprint density at radius 3 is 2.53 bits per heavy atom. The molecule has 0 aliphatic carbocycles. The van der Waals surface area contributed by atoms with Crippen LogP contribution >= 0.6 is 22.6 Å². The van der Waals surface area contributed by atoms with Crippen LogP contribution in [0.1, 0.15) is 6.92 Å². The number of rotatable bonds is 7.